The molecule has 1 fully saturated rings. The number of nitrogens with one attached hydrogen (secondary N) is 1. The number of unbranched alkanes of at least 4 members (excludes halogenated alkanes) is 28. The van der Waals surface area contributed by atoms with E-state index in [9.17, 15) is 30.3 Å². The average Bonchev–Trinajstić information content (AvgIpc) is 3.17. The fraction of sp³-hybridized carbons (Fsp3) is 0.933. The smallest absolute Gasteiger partial charge is 0.220 e. The Kier molecular flexibility index (Phi) is 34.2. The summed E-state index contributed by atoms with van der Waals surface area (Å²) in [6.45, 7) is 3.67. The molecule has 0 spiro atoms. The molecule has 0 radical (unpaired) electrons. The predicted octanol–water partition coefficient (Wildman–Crippen LogP) is 9.34. The molecule has 9 heteroatoms. The molecule has 9 nitrogen and oxygen atoms in total. The van der Waals surface area contributed by atoms with Gasteiger partial charge in [-0.2, -0.15) is 0 Å². The van der Waals surface area contributed by atoms with E-state index in [1.165, 1.54) is 148 Å². The first-order valence-electron chi connectivity index (χ1n) is 22.9. The van der Waals surface area contributed by atoms with Crippen LogP contribution in [0.1, 0.15) is 213 Å². The van der Waals surface area contributed by atoms with E-state index < -0.39 is 49.5 Å². The summed E-state index contributed by atoms with van der Waals surface area (Å²) in [5.74, 6) is -0.180. The van der Waals surface area contributed by atoms with E-state index in [4.69, 9.17) is 9.47 Å². The van der Waals surface area contributed by atoms with Crippen molar-refractivity contribution in [1.82, 2.24) is 5.32 Å². The minimum Gasteiger partial charge on any atom is -0.394 e. The monoisotopic (exact) mass is 770 g/mol. The van der Waals surface area contributed by atoms with Crippen molar-refractivity contribution in [3.05, 3.63) is 12.2 Å². The molecular weight excluding hydrogens is 682 g/mol. The van der Waals surface area contributed by atoms with Gasteiger partial charge in [0.2, 0.25) is 5.91 Å². The Hall–Kier alpha value is -1.07. The van der Waals surface area contributed by atoms with Crippen LogP contribution in [-0.4, -0.2) is 87.5 Å². The highest BCUT2D eigenvalue weighted by Crippen LogP contribution is 2.23. The van der Waals surface area contributed by atoms with Gasteiger partial charge in [-0.1, -0.05) is 199 Å². The number of allylic oxidation sites excluding steroid dienone is 1. The van der Waals surface area contributed by atoms with Gasteiger partial charge in [0.25, 0.3) is 0 Å². The van der Waals surface area contributed by atoms with Gasteiger partial charge in [0.05, 0.1) is 25.4 Å². The average molecular weight is 770 g/mol. The molecule has 6 N–H and O–H groups in total. The van der Waals surface area contributed by atoms with Crippen LogP contribution in [0.2, 0.25) is 0 Å². The van der Waals surface area contributed by atoms with Crippen molar-refractivity contribution < 1.29 is 39.8 Å². The quantitative estimate of drug-likeness (QED) is 0.0269. The van der Waals surface area contributed by atoms with Crippen molar-refractivity contribution in [3.8, 4) is 0 Å². The van der Waals surface area contributed by atoms with E-state index in [1.807, 2.05) is 6.08 Å². The van der Waals surface area contributed by atoms with Gasteiger partial charge >= 0.3 is 0 Å². The molecule has 1 aliphatic rings. The third kappa shape index (κ3) is 26.7. The minimum absolute atomic E-state index is 0.180. The van der Waals surface area contributed by atoms with Crippen LogP contribution in [0.15, 0.2) is 12.2 Å². The number of hydrogen-bond donors (Lipinski definition) is 6. The van der Waals surface area contributed by atoms with Crippen molar-refractivity contribution in [2.45, 2.75) is 256 Å². The Morgan fingerprint density at radius 2 is 1.02 bits per heavy atom. The van der Waals surface area contributed by atoms with Crippen molar-refractivity contribution in [3.63, 3.8) is 0 Å². The normalized spacial score (nSPS) is 21.5. The Bertz CT molecular complexity index is 858. The molecule has 0 saturated carbocycles. The van der Waals surface area contributed by atoms with Crippen LogP contribution in [0.25, 0.3) is 0 Å². The third-order valence-corrected chi connectivity index (χ3v) is 11.1. The fourth-order valence-corrected chi connectivity index (χ4v) is 7.39. The lowest BCUT2D eigenvalue weighted by Gasteiger charge is -2.40. The molecule has 320 valence electrons. The van der Waals surface area contributed by atoms with E-state index in [-0.39, 0.29) is 12.5 Å². The summed E-state index contributed by atoms with van der Waals surface area (Å²) >= 11 is 0. The van der Waals surface area contributed by atoms with E-state index in [1.54, 1.807) is 6.08 Å². The Labute approximate surface area is 331 Å². The molecule has 1 aliphatic heterocycles. The maximum Gasteiger partial charge on any atom is 0.220 e. The van der Waals surface area contributed by atoms with Crippen molar-refractivity contribution in [1.29, 1.82) is 0 Å². The predicted molar refractivity (Wildman–Crippen MR) is 221 cm³/mol. The lowest BCUT2D eigenvalue weighted by atomic mass is 9.99. The van der Waals surface area contributed by atoms with Gasteiger partial charge in [-0.25, -0.2) is 0 Å². The molecule has 0 aromatic carbocycles. The third-order valence-electron chi connectivity index (χ3n) is 11.1. The molecule has 1 heterocycles. The maximum atomic E-state index is 12.8. The molecule has 7 unspecified atom stereocenters. The second kappa shape index (κ2) is 36.3. The summed E-state index contributed by atoms with van der Waals surface area (Å²) in [4.78, 5) is 12.8. The summed E-state index contributed by atoms with van der Waals surface area (Å²) in [7, 11) is 0. The molecule has 0 bridgehead atoms. The largest absolute Gasteiger partial charge is 0.394 e. The van der Waals surface area contributed by atoms with Crippen LogP contribution in [-0.2, 0) is 14.3 Å². The van der Waals surface area contributed by atoms with Crippen LogP contribution in [0.4, 0.5) is 0 Å². The lowest BCUT2D eigenvalue weighted by molar-refractivity contribution is -0.302. The fourth-order valence-electron chi connectivity index (χ4n) is 7.39. The summed E-state index contributed by atoms with van der Waals surface area (Å²) in [5, 5.41) is 53.7. The number of aliphatic hydroxyl groups is 5. The van der Waals surface area contributed by atoms with E-state index in [0.29, 0.717) is 6.42 Å². The zero-order valence-corrected chi connectivity index (χ0v) is 35.0. The van der Waals surface area contributed by atoms with Crippen LogP contribution >= 0.6 is 0 Å². The van der Waals surface area contributed by atoms with Gasteiger partial charge < -0.3 is 40.3 Å². The van der Waals surface area contributed by atoms with Crippen molar-refractivity contribution >= 4 is 5.91 Å². The van der Waals surface area contributed by atoms with Crippen LogP contribution in [0.5, 0.6) is 0 Å². The van der Waals surface area contributed by atoms with Gasteiger partial charge in [-0.05, 0) is 19.3 Å². The highest BCUT2D eigenvalue weighted by Gasteiger charge is 2.44. The first kappa shape index (κ1) is 50.9. The summed E-state index contributed by atoms with van der Waals surface area (Å²) in [6.07, 6.45) is 34.7. The lowest BCUT2D eigenvalue weighted by Crippen LogP contribution is -2.60. The van der Waals surface area contributed by atoms with Gasteiger partial charge in [0.15, 0.2) is 6.29 Å². The molecule has 1 rings (SSSR count). The Balaban J connectivity index is 2.08. The number of rotatable bonds is 38. The molecular formula is C45H87NO8. The standard InChI is InChI=1S/C45H87NO8/c1-3-5-7-9-10-11-12-13-14-15-16-17-18-19-20-21-22-23-24-25-26-27-28-29-31-33-35-41(49)46-38(39(48)34-32-30-8-6-4-2)37-53-45-44(52)43(51)42(50)40(36-47)54-45/h32,34,38-40,42-45,47-48,50-52H,3-31,33,35-37H2,1-2H3,(H,46,49)/b34-32+. The number of hydrogen-bond acceptors (Lipinski definition) is 8. The van der Waals surface area contributed by atoms with E-state index >= 15 is 0 Å². The van der Waals surface area contributed by atoms with Gasteiger partial charge in [0.1, 0.15) is 24.4 Å². The van der Waals surface area contributed by atoms with Gasteiger partial charge in [-0.3, -0.25) is 4.79 Å². The van der Waals surface area contributed by atoms with Gasteiger partial charge in [-0.15, -0.1) is 0 Å². The number of carbonyl (C=O) groups is 1. The highest BCUT2D eigenvalue weighted by atomic mass is 16.7. The van der Waals surface area contributed by atoms with Crippen molar-refractivity contribution in [2.24, 2.45) is 0 Å². The topological polar surface area (TPSA) is 149 Å². The van der Waals surface area contributed by atoms with Crippen LogP contribution in [0.3, 0.4) is 0 Å². The van der Waals surface area contributed by atoms with Gasteiger partial charge in [0, 0.05) is 6.42 Å². The zero-order valence-electron chi connectivity index (χ0n) is 35.0. The minimum atomic E-state index is -1.56. The molecule has 54 heavy (non-hydrogen) atoms. The summed E-state index contributed by atoms with van der Waals surface area (Å²) in [6, 6.07) is -0.795. The van der Waals surface area contributed by atoms with Crippen molar-refractivity contribution in [2.75, 3.05) is 13.2 Å². The second-order valence-electron chi connectivity index (χ2n) is 16.2. The van der Waals surface area contributed by atoms with Crippen LogP contribution in [0, 0.1) is 0 Å². The number of ether oxygens (including phenoxy) is 2. The number of carbonyl (C=O) groups excluding carboxylic acids is 1. The van der Waals surface area contributed by atoms with E-state index in [2.05, 4.69) is 19.2 Å². The molecule has 1 amide bonds. The second-order valence-corrected chi connectivity index (χ2v) is 16.2. The first-order valence-corrected chi connectivity index (χ1v) is 22.9. The maximum absolute atomic E-state index is 12.8. The molecule has 7 atom stereocenters. The number of aliphatic hydroxyl groups excluding tert-OH is 5. The summed E-state index contributed by atoms with van der Waals surface area (Å²) < 4.78 is 11.1. The zero-order chi connectivity index (χ0) is 39.5. The summed E-state index contributed by atoms with van der Waals surface area (Å²) in [5.41, 5.74) is 0. The molecule has 0 aromatic rings. The highest BCUT2D eigenvalue weighted by molar-refractivity contribution is 5.76. The molecule has 1 saturated heterocycles. The first-order chi connectivity index (χ1) is 26.3. The van der Waals surface area contributed by atoms with Crippen LogP contribution < -0.4 is 5.32 Å². The SMILES string of the molecule is CCCCC/C=C/C(O)C(COC1OC(CO)C(O)C(O)C1O)NC(=O)CCCCCCCCCCCCCCCCCCCCCCCCCCCC. The number of amides is 1. The molecule has 0 aromatic heterocycles. The molecule has 0 aliphatic carbocycles. The Morgan fingerprint density at radius 1 is 0.611 bits per heavy atom. The Morgan fingerprint density at radius 3 is 1.44 bits per heavy atom. The van der Waals surface area contributed by atoms with E-state index in [0.717, 1.165) is 44.9 Å².